The molecule has 1 aromatic rings. The van der Waals surface area contributed by atoms with Gasteiger partial charge in [0.15, 0.2) is 0 Å². The Hall–Kier alpha value is -0.646. The van der Waals surface area contributed by atoms with Crippen LogP contribution in [-0.2, 0) is 6.42 Å². The summed E-state index contributed by atoms with van der Waals surface area (Å²) in [4.78, 5) is 0. The highest BCUT2D eigenvalue weighted by molar-refractivity contribution is 6.93. The Bertz CT molecular complexity index is 571. The molecule has 1 rings (SSSR count). The zero-order chi connectivity index (χ0) is 19.7. The van der Waals surface area contributed by atoms with Crippen molar-refractivity contribution in [1.82, 2.24) is 4.23 Å². The fourth-order valence-corrected chi connectivity index (χ4v) is 16.9. The van der Waals surface area contributed by atoms with Crippen molar-refractivity contribution in [3.63, 3.8) is 0 Å². The van der Waals surface area contributed by atoms with Gasteiger partial charge in [0.1, 0.15) is 16.5 Å². The Morgan fingerprint density at radius 3 is 1.80 bits per heavy atom. The predicted molar refractivity (Wildman–Crippen MR) is 121 cm³/mol. The lowest BCUT2D eigenvalue weighted by molar-refractivity contribution is 0.486. The Balaban J connectivity index is 3.32. The highest BCUT2D eigenvalue weighted by Gasteiger charge is 2.55. The van der Waals surface area contributed by atoms with Gasteiger partial charge in [-0.05, 0) is 34.2 Å². The summed E-state index contributed by atoms with van der Waals surface area (Å²) in [5.41, 5.74) is 2.72. The smallest absolute Gasteiger partial charge is 0.129 e. The van der Waals surface area contributed by atoms with Gasteiger partial charge in [-0.1, -0.05) is 105 Å². The molecule has 0 bridgehead atoms. The van der Waals surface area contributed by atoms with Crippen molar-refractivity contribution in [2.24, 2.45) is 0 Å². The normalized spacial score (nSPS) is 14.0. The van der Waals surface area contributed by atoms with Crippen LogP contribution in [-0.4, -0.2) is 27.2 Å². The van der Waals surface area contributed by atoms with E-state index < -0.39 is 16.5 Å². The van der Waals surface area contributed by atoms with Crippen molar-refractivity contribution >= 4 is 22.5 Å². The minimum absolute atomic E-state index is 0.337. The van der Waals surface area contributed by atoms with Crippen LogP contribution in [0.1, 0.15) is 52.7 Å². The van der Waals surface area contributed by atoms with Gasteiger partial charge in [-0.3, -0.25) is 0 Å². The molecule has 25 heavy (non-hydrogen) atoms. The molecule has 0 heterocycles. The maximum atomic E-state index is 4.00. The van der Waals surface area contributed by atoms with E-state index >= 15 is 0 Å². The molecule has 0 aromatic heterocycles. The molecule has 0 unspecified atom stereocenters. The summed E-state index contributed by atoms with van der Waals surface area (Å²) in [6.07, 6.45) is 3.11. The minimum atomic E-state index is -1.73. The fraction of sp³-hybridized carbons (Fsp3) is 0.636. The standard InChI is InChI=1S/C22H41NSi2/c1-12-19-15-13-14-16-20(19)17-18-23(24(8,9)10)25(11,21(2,3)4)22(5,6)7/h12-16H,1,17-18H2,2-11H3. The summed E-state index contributed by atoms with van der Waals surface area (Å²) >= 11 is 0. The summed E-state index contributed by atoms with van der Waals surface area (Å²) in [6.45, 7) is 30.2. The molecular formula is C22H41NSi2. The quantitative estimate of drug-likeness (QED) is 0.476. The van der Waals surface area contributed by atoms with Crippen molar-refractivity contribution in [3.05, 3.63) is 42.0 Å². The third-order valence-corrected chi connectivity index (χ3v) is 18.5. The lowest BCUT2D eigenvalue weighted by atomic mass is 10.1. The van der Waals surface area contributed by atoms with E-state index in [0.717, 1.165) is 13.0 Å². The zero-order valence-corrected chi connectivity index (χ0v) is 20.5. The van der Waals surface area contributed by atoms with Gasteiger partial charge in [-0.15, -0.1) is 0 Å². The Morgan fingerprint density at radius 2 is 1.40 bits per heavy atom. The maximum absolute atomic E-state index is 4.00. The first-order valence-electron chi connectivity index (χ1n) is 9.64. The second kappa shape index (κ2) is 7.54. The molecule has 0 spiro atoms. The van der Waals surface area contributed by atoms with E-state index in [9.17, 15) is 0 Å². The second-order valence-corrected chi connectivity index (χ2v) is 21.6. The molecule has 0 atom stereocenters. The zero-order valence-electron chi connectivity index (χ0n) is 18.5. The van der Waals surface area contributed by atoms with E-state index in [4.69, 9.17) is 0 Å². The summed E-state index contributed by atoms with van der Waals surface area (Å²) in [5.74, 6) is 0. The fourth-order valence-electron chi connectivity index (χ4n) is 4.36. The van der Waals surface area contributed by atoms with E-state index in [0.29, 0.717) is 10.1 Å². The predicted octanol–water partition coefficient (Wildman–Crippen LogP) is 7.18. The lowest BCUT2D eigenvalue weighted by Crippen LogP contribution is -2.70. The van der Waals surface area contributed by atoms with Crippen LogP contribution < -0.4 is 0 Å². The molecule has 0 saturated heterocycles. The SMILES string of the molecule is C=Cc1ccccc1CCN([Si](C)(C)C)[Si](C)(C(C)(C)C)C(C)(C)C. The number of benzene rings is 1. The maximum Gasteiger partial charge on any atom is 0.129 e. The highest BCUT2D eigenvalue weighted by Crippen LogP contribution is 2.53. The van der Waals surface area contributed by atoms with E-state index in [2.05, 4.69) is 103 Å². The topological polar surface area (TPSA) is 3.24 Å². The average Bonchev–Trinajstić information content (AvgIpc) is 2.43. The molecule has 0 aliphatic heterocycles. The molecule has 0 aliphatic rings. The largest absolute Gasteiger partial charge is 0.345 e. The number of hydrogen-bond donors (Lipinski definition) is 0. The molecule has 0 saturated carbocycles. The first kappa shape index (κ1) is 22.4. The summed E-state index contributed by atoms with van der Waals surface area (Å²) in [5, 5.41) is 0.674. The van der Waals surface area contributed by atoms with Crippen LogP contribution in [0.5, 0.6) is 0 Å². The third kappa shape index (κ3) is 4.75. The van der Waals surface area contributed by atoms with Crippen LogP contribution in [0.25, 0.3) is 6.08 Å². The van der Waals surface area contributed by atoms with Crippen LogP contribution >= 0.6 is 0 Å². The van der Waals surface area contributed by atoms with Gasteiger partial charge in [0.25, 0.3) is 0 Å². The molecule has 3 heteroatoms. The number of nitrogens with zero attached hydrogens (tertiary/aromatic N) is 1. The van der Waals surface area contributed by atoms with Crippen molar-refractivity contribution in [1.29, 1.82) is 0 Å². The molecule has 0 aliphatic carbocycles. The van der Waals surface area contributed by atoms with Crippen LogP contribution in [0.3, 0.4) is 0 Å². The van der Waals surface area contributed by atoms with E-state index in [1.165, 1.54) is 11.1 Å². The van der Waals surface area contributed by atoms with Crippen molar-refractivity contribution in [2.45, 2.75) is 84.2 Å². The van der Waals surface area contributed by atoms with Crippen LogP contribution in [0.4, 0.5) is 0 Å². The summed E-state index contributed by atoms with van der Waals surface area (Å²) in [7, 11) is -3.18. The first-order valence-corrected chi connectivity index (χ1v) is 15.5. The molecule has 1 nitrogen and oxygen atoms in total. The summed E-state index contributed by atoms with van der Waals surface area (Å²) in [6, 6.07) is 8.73. The van der Waals surface area contributed by atoms with Crippen LogP contribution in [0.15, 0.2) is 30.8 Å². The van der Waals surface area contributed by atoms with Gasteiger partial charge in [-0.2, -0.15) is 0 Å². The minimum Gasteiger partial charge on any atom is -0.345 e. The van der Waals surface area contributed by atoms with E-state index in [1.54, 1.807) is 0 Å². The van der Waals surface area contributed by atoms with Crippen molar-refractivity contribution < 1.29 is 0 Å². The third-order valence-electron chi connectivity index (χ3n) is 6.15. The van der Waals surface area contributed by atoms with Gasteiger partial charge < -0.3 is 4.23 Å². The number of rotatable bonds is 6. The first-order chi connectivity index (χ1) is 11.2. The van der Waals surface area contributed by atoms with Gasteiger partial charge >= 0.3 is 0 Å². The molecule has 0 N–H and O–H groups in total. The molecule has 0 fully saturated rings. The van der Waals surface area contributed by atoms with Gasteiger partial charge in [0, 0.05) is 0 Å². The van der Waals surface area contributed by atoms with Crippen molar-refractivity contribution in [3.8, 4) is 0 Å². The van der Waals surface area contributed by atoms with E-state index in [1.807, 2.05) is 6.08 Å². The van der Waals surface area contributed by atoms with Crippen molar-refractivity contribution in [2.75, 3.05) is 6.54 Å². The lowest BCUT2D eigenvalue weighted by Gasteiger charge is -2.60. The molecule has 0 amide bonds. The Labute approximate surface area is 159 Å². The monoisotopic (exact) mass is 375 g/mol. The van der Waals surface area contributed by atoms with Gasteiger partial charge in [0.2, 0.25) is 0 Å². The molecular weight excluding hydrogens is 334 g/mol. The second-order valence-electron chi connectivity index (χ2n) is 10.5. The number of hydrogen-bond acceptors (Lipinski definition) is 1. The van der Waals surface area contributed by atoms with Gasteiger partial charge in [-0.25, -0.2) is 0 Å². The van der Waals surface area contributed by atoms with Crippen LogP contribution in [0.2, 0.25) is 36.3 Å². The van der Waals surface area contributed by atoms with E-state index in [-0.39, 0.29) is 0 Å². The van der Waals surface area contributed by atoms with Gasteiger partial charge in [0.05, 0.1) is 0 Å². The molecule has 142 valence electrons. The molecule has 1 aromatic carbocycles. The molecule has 0 radical (unpaired) electrons. The Morgan fingerprint density at radius 1 is 0.920 bits per heavy atom. The average molecular weight is 376 g/mol. The summed E-state index contributed by atoms with van der Waals surface area (Å²) < 4.78 is 3.01. The van der Waals surface area contributed by atoms with Crippen LogP contribution in [0, 0.1) is 0 Å². The Kier molecular flexibility index (Phi) is 6.75. The highest BCUT2D eigenvalue weighted by atomic mass is 28.4.